The molecule has 1 atom stereocenters. The molecule has 278 valence electrons. The molecule has 3 fully saturated rings. The van der Waals surface area contributed by atoms with Crippen molar-refractivity contribution in [2.45, 2.75) is 90.3 Å². The molecule has 0 aromatic carbocycles. The Morgan fingerprint density at radius 3 is 2.44 bits per heavy atom. The second kappa shape index (κ2) is 14.4. The van der Waals surface area contributed by atoms with Crippen LogP contribution in [-0.4, -0.2) is 106 Å². The minimum absolute atomic E-state index is 0.0319. The minimum atomic E-state index is -0.600. The number of hydrogen-bond donors (Lipinski definition) is 1. The molecule has 0 radical (unpaired) electrons. The summed E-state index contributed by atoms with van der Waals surface area (Å²) in [6.45, 7) is 10.9. The van der Waals surface area contributed by atoms with Crippen molar-refractivity contribution in [1.82, 2.24) is 34.3 Å². The summed E-state index contributed by atoms with van der Waals surface area (Å²) in [5.41, 5.74) is 5.73. The summed E-state index contributed by atoms with van der Waals surface area (Å²) in [5.74, 6) is 1.30. The Morgan fingerprint density at radius 2 is 1.75 bits per heavy atom. The van der Waals surface area contributed by atoms with E-state index in [1.54, 1.807) is 35.9 Å². The van der Waals surface area contributed by atoms with E-state index in [1.165, 1.54) is 12.8 Å². The molecule has 6 heterocycles. The normalized spacial score (nSPS) is 18.6. The van der Waals surface area contributed by atoms with E-state index >= 15 is 0 Å². The molecule has 3 amide bonds. The molecule has 52 heavy (non-hydrogen) atoms. The van der Waals surface area contributed by atoms with Crippen LogP contribution in [0.4, 0.5) is 4.79 Å². The molecule has 2 saturated heterocycles. The first-order valence-corrected chi connectivity index (χ1v) is 18.5. The molecule has 3 aliphatic rings. The number of ether oxygens (including phenoxy) is 3. The molecule has 0 bridgehead atoms. The molecule has 1 unspecified atom stereocenters. The van der Waals surface area contributed by atoms with Gasteiger partial charge in [-0.1, -0.05) is 0 Å². The highest BCUT2D eigenvalue weighted by molar-refractivity contribution is 5.96. The molecule has 1 saturated carbocycles. The van der Waals surface area contributed by atoms with Crippen LogP contribution >= 0.6 is 0 Å². The number of hydrogen-bond acceptors (Lipinski definition) is 8. The fraction of sp³-hybridized carbons (Fsp3) is 0.564. The van der Waals surface area contributed by atoms with Crippen LogP contribution in [0.2, 0.25) is 0 Å². The molecule has 1 aliphatic carbocycles. The Hall–Kier alpha value is -4.65. The number of amides is 3. The number of likely N-dealkylation sites (tertiary alicyclic amines) is 2. The summed E-state index contributed by atoms with van der Waals surface area (Å²) >= 11 is 0. The number of methoxy groups -OCH3 is 2. The predicted molar refractivity (Wildman–Crippen MR) is 197 cm³/mol. The number of carbonyl (C=O) groups excluding carboxylic acids is 3. The van der Waals surface area contributed by atoms with Crippen molar-refractivity contribution in [3.05, 3.63) is 47.4 Å². The van der Waals surface area contributed by atoms with E-state index in [4.69, 9.17) is 24.3 Å². The van der Waals surface area contributed by atoms with Crippen molar-refractivity contribution in [1.29, 1.82) is 0 Å². The van der Waals surface area contributed by atoms with Crippen LogP contribution < -0.4 is 10.1 Å². The molecule has 7 rings (SSSR count). The maximum atomic E-state index is 14.0. The predicted octanol–water partition coefficient (Wildman–Crippen LogP) is 5.56. The van der Waals surface area contributed by atoms with Gasteiger partial charge in [-0.2, -0.15) is 5.10 Å². The molecule has 13 nitrogen and oxygen atoms in total. The average molecular weight is 714 g/mol. The largest absolute Gasteiger partial charge is 0.494 e. The van der Waals surface area contributed by atoms with Gasteiger partial charge in [0, 0.05) is 75.1 Å². The van der Waals surface area contributed by atoms with Gasteiger partial charge in [0.25, 0.3) is 5.91 Å². The zero-order valence-electron chi connectivity index (χ0n) is 31.2. The number of nitrogens with one attached hydrogen (secondary N) is 1. The Kier molecular flexibility index (Phi) is 9.90. The molecule has 1 N–H and O–H groups in total. The minimum Gasteiger partial charge on any atom is -0.494 e. The molecular formula is C39H51N7O6. The topological polar surface area (TPSA) is 133 Å². The fourth-order valence-electron chi connectivity index (χ4n) is 7.84. The maximum Gasteiger partial charge on any atom is 0.407 e. The molecule has 4 aromatic rings. The molecule has 2 aliphatic heterocycles. The lowest BCUT2D eigenvalue weighted by atomic mass is 9.92. The SMILES string of the molecule is COCC(=O)N1CCC(c2nccc3cc(-c4nn5cc(C(=O)N6CCCC(NC(=O)OC(C)(C)C)C6)cc(OC)c5c4C)n(CC4CC4)c23)CC1. The summed E-state index contributed by atoms with van der Waals surface area (Å²) in [7, 11) is 3.17. The number of rotatable bonds is 9. The van der Waals surface area contributed by atoms with E-state index in [9.17, 15) is 14.4 Å². The first kappa shape index (κ1) is 35.7. The lowest BCUT2D eigenvalue weighted by molar-refractivity contribution is -0.136. The average Bonchev–Trinajstić information content (AvgIpc) is 3.78. The van der Waals surface area contributed by atoms with Gasteiger partial charge in [0.15, 0.2) is 0 Å². The second-order valence-electron chi connectivity index (χ2n) is 15.6. The lowest BCUT2D eigenvalue weighted by Gasteiger charge is -2.33. The first-order valence-electron chi connectivity index (χ1n) is 18.5. The van der Waals surface area contributed by atoms with Crippen LogP contribution in [0.5, 0.6) is 5.75 Å². The van der Waals surface area contributed by atoms with E-state index in [1.807, 2.05) is 31.9 Å². The number of aromatic nitrogens is 4. The summed E-state index contributed by atoms with van der Waals surface area (Å²) in [6.07, 6.45) is 8.85. The highest BCUT2D eigenvalue weighted by atomic mass is 16.6. The van der Waals surface area contributed by atoms with Gasteiger partial charge >= 0.3 is 6.09 Å². The van der Waals surface area contributed by atoms with Gasteiger partial charge in [0.05, 0.1) is 29.6 Å². The van der Waals surface area contributed by atoms with Gasteiger partial charge in [-0.25, -0.2) is 9.31 Å². The van der Waals surface area contributed by atoms with Gasteiger partial charge < -0.3 is 33.9 Å². The van der Waals surface area contributed by atoms with Crippen molar-refractivity contribution >= 4 is 34.3 Å². The van der Waals surface area contributed by atoms with Gasteiger partial charge in [-0.15, -0.1) is 0 Å². The van der Waals surface area contributed by atoms with Crippen LogP contribution in [0.25, 0.3) is 27.8 Å². The van der Waals surface area contributed by atoms with Crippen molar-refractivity contribution in [3.63, 3.8) is 0 Å². The third-order valence-corrected chi connectivity index (χ3v) is 10.5. The van der Waals surface area contributed by atoms with Gasteiger partial charge in [0.1, 0.15) is 29.2 Å². The third kappa shape index (κ3) is 7.33. The Morgan fingerprint density at radius 1 is 0.981 bits per heavy atom. The summed E-state index contributed by atoms with van der Waals surface area (Å²) < 4.78 is 20.6. The van der Waals surface area contributed by atoms with Crippen LogP contribution in [0.3, 0.4) is 0 Å². The Balaban J connectivity index is 1.20. The van der Waals surface area contributed by atoms with Gasteiger partial charge in [0.2, 0.25) is 5.91 Å². The number of aryl methyl sites for hydroxylation is 1. The quantitative estimate of drug-likeness (QED) is 0.239. The van der Waals surface area contributed by atoms with Crippen molar-refractivity contribution in [2.75, 3.05) is 47.0 Å². The number of nitrogens with zero attached hydrogens (tertiary/aromatic N) is 6. The maximum absolute atomic E-state index is 14.0. The fourth-order valence-corrected chi connectivity index (χ4v) is 7.84. The monoisotopic (exact) mass is 713 g/mol. The van der Waals surface area contributed by atoms with Crippen molar-refractivity contribution < 1.29 is 28.6 Å². The molecule has 0 spiro atoms. The van der Waals surface area contributed by atoms with E-state index in [0.29, 0.717) is 43.4 Å². The van der Waals surface area contributed by atoms with Crippen LogP contribution in [0.15, 0.2) is 30.6 Å². The summed E-state index contributed by atoms with van der Waals surface area (Å²) in [6, 6.07) is 5.90. The Bertz CT molecular complexity index is 1980. The molecule has 4 aromatic heterocycles. The lowest BCUT2D eigenvalue weighted by Crippen LogP contribution is -2.50. The zero-order valence-corrected chi connectivity index (χ0v) is 31.2. The second-order valence-corrected chi connectivity index (χ2v) is 15.6. The highest BCUT2D eigenvalue weighted by Gasteiger charge is 2.32. The number of alkyl carbamates (subject to hydrolysis) is 1. The summed E-state index contributed by atoms with van der Waals surface area (Å²) in [4.78, 5) is 47.6. The number of piperidine rings is 2. The smallest absolute Gasteiger partial charge is 0.407 e. The highest BCUT2D eigenvalue weighted by Crippen LogP contribution is 2.41. The van der Waals surface area contributed by atoms with Gasteiger partial charge in [-0.3, -0.25) is 14.6 Å². The van der Waals surface area contributed by atoms with E-state index < -0.39 is 11.7 Å². The Labute approximate surface area is 304 Å². The number of carbonyl (C=O) groups is 3. The van der Waals surface area contributed by atoms with Crippen molar-refractivity contribution in [3.8, 4) is 17.1 Å². The number of fused-ring (bicyclic) bond motifs is 2. The van der Waals surface area contributed by atoms with Gasteiger partial charge in [-0.05, 0) is 90.3 Å². The van der Waals surface area contributed by atoms with Crippen molar-refractivity contribution in [2.24, 2.45) is 5.92 Å². The third-order valence-electron chi connectivity index (χ3n) is 10.5. The van der Waals surface area contributed by atoms with Crippen LogP contribution in [-0.2, 0) is 20.8 Å². The standard InChI is InChI=1S/C39H51N7O6/c1-24-33(30-18-27-11-14-40-34(36(27)45(30)20-25-9-10-25)26-12-16-43(17-13-26)32(47)23-50-5)42-46-21-28(19-31(51-6)35(24)46)37(48)44-15-7-8-29(22-44)41-38(49)52-39(2,3)4/h11,14,18-19,21,25-26,29H,7-10,12-13,15-17,20,22-23H2,1-6H3,(H,41,49). The molecule has 13 heteroatoms. The van der Waals surface area contributed by atoms with E-state index in [-0.39, 0.29) is 30.4 Å². The van der Waals surface area contributed by atoms with E-state index in [0.717, 1.165) is 71.3 Å². The van der Waals surface area contributed by atoms with Crippen LogP contribution in [0.1, 0.15) is 86.8 Å². The molecular weight excluding hydrogens is 662 g/mol. The number of pyridine rings is 2. The van der Waals surface area contributed by atoms with E-state index in [2.05, 4.69) is 28.9 Å². The summed E-state index contributed by atoms with van der Waals surface area (Å²) in [5, 5.41) is 9.20. The van der Waals surface area contributed by atoms with Crippen LogP contribution in [0, 0.1) is 12.8 Å². The zero-order chi connectivity index (χ0) is 36.7. The first-order chi connectivity index (χ1) is 24.9.